The largest absolute Gasteiger partial charge is 0.203 e. The van der Waals surface area contributed by atoms with E-state index in [1.54, 1.807) is 31.2 Å². The van der Waals surface area contributed by atoms with Crippen LogP contribution in [-0.2, 0) is 12.8 Å². The Morgan fingerprint density at radius 1 is 0.667 bits per heavy atom. The zero-order chi connectivity index (χ0) is 19.6. The number of hydrogen-bond acceptors (Lipinski definition) is 0. The van der Waals surface area contributed by atoms with Crippen molar-refractivity contribution in [3.63, 3.8) is 0 Å². The van der Waals surface area contributed by atoms with Gasteiger partial charge in [0.25, 0.3) is 0 Å². The number of rotatable bonds is 5. The molecule has 2 aromatic rings. The molecule has 1 saturated carbocycles. The SMILES string of the molecule is CCCc1ccc(C2CCC(c3ccc(CC)c(F)c3F)CC2)c(F)c1F. The van der Waals surface area contributed by atoms with E-state index in [1.807, 2.05) is 6.92 Å². The zero-order valence-corrected chi connectivity index (χ0v) is 15.9. The van der Waals surface area contributed by atoms with Gasteiger partial charge in [0, 0.05) is 0 Å². The summed E-state index contributed by atoms with van der Waals surface area (Å²) >= 11 is 0. The number of halogens is 4. The first-order chi connectivity index (χ1) is 13.0. The molecule has 27 heavy (non-hydrogen) atoms. The highest BCUT2D eigenvalue weighted by Crippen LogP contribution is 2.42. The number of aryl methyl sites for hydroxylation is 2. The van der Waals surface area contributed by atoms with Gasteiger partial charge in [-0.25, -0.2) is 17.6 Å². The highest BCUT2D eigenvalue weighted by atomic mass is 19.2. The van der Waals surface area contributed by atoms with E-state index < -0.39 is 23.3 Å². The lowest BCUT2D eigenvalue weighted by Gasteiger charge is -2.30. The van der Waals surface area contributed by atoms with Crippen molar-refractivity contribution in [1.82, 2.24) is 0 Å². The molecule has 0 aromatic heterocycles. The predicted octanol–water partition coefficient (Wildman–Crippen LogP) is 7.20. The third-order valence-electron chi connectivity index (χ3n) is 5.89. The molecule has 3 rings (SSSR count). The Morgan fingerprint density at radius 3 is 1.56 bits per heavy atom. The van der Waals surface area contributed by atoms with E-state index in [4.69, 9.17) is 0 Å². The van der Waals surface area contributed by atoms with Crippen LogP contribution in [0.4, 0.5) is 17.6 Å². The first-order valence-corrected chi connectivity index (χ1v) is 9.91. The van der Waals surface area contributed by atoms with E-state index in [-0.39, 0.29) is 11.8 Å². The van der Waals surface area contributed by atoms with Gasteiger partial charge >= 0.3 is 0 Å². The summed E-state index contributed by atoms with van der Waals surface area (Å²) in [5.41, 5.74) is 1.63. The molecule has 1 aliphatic rings. The van der Waals surface area contributed by atoms with Crippen LogP contribution in [0.1, 0.15) is 80.0 Å². The molecule has 0 bridgehead atoms. The van der Waals surface area contributed by atoms with Gasteiger partial charge in [-0.05, 0) is 72.6 Å². The van der Waals surface area contributed by atoms with Crippen LogP contribution in [0, 0.1) is 23.3 Å². The van der Waals surface area contributed by atoms with Crippen LogP contribution in [0.25, 0.3) is 0 Å². The highest BCUT2D eigenvalue weighted by Gasteiger charge is 2.29. The Morgan fingerprint density at radius 2 is 1.11 bits per heavy atom. The molecule has 0 heterocycles. The summed E-state index contributed by atoms with van der Waals surface area (Å²) < 4.78 is 57.2. The van der Waals surface area contributed by atoms with Crippen LogP contribution in [-0.4, -0.2) is 0 Å². The molecule has 1 fully saturated rings. The minimum atomic E-state index is -0.753. The van der Waals surface area contributed by atoms with Crippen LogP contribution in [0.3, 0.4) is 0 Å². The second-order valence-corrected chi connectivity index (χ2v) is 7.54. The Kier molecular flexibility index (Phi) is 6.23. The van der Waals surface area contributed by atoms with Crippen LogP contribution in [0.5, 0.6) is 0 Å². The fraction of sp³-hybridized carbons (Fsp3) is 0.478. The third-order valence-corrected chi connectivity index (χ3v) is 5.89. The maximum absolute atomic E-state index is 14.5. The molecule has 0 nitrogen and oxygen atoms in total. The lowest BCUT2D eigenvalue weighted by Crippen LogP contribution is -2.16. The van der Waals surface area contributed by atoms with Crippen LogP contribution < -0.4 is 0 Å². The van der Waals surface area contributed by atoms with Gasteiger partial charge in [-0.3, -0.25) is 0 Å². The van der Waals surface area contributed by atoms with Crippen molar-refractivity contribution in [3.05, 3.63) is 69.8 Å². The fourth-order valence-corrected chi connectivity index (χ4v) is 4.29. The lowest BCUT2D eigenvalue weighted by molar-refractivity contribution is 0.369. The molecule has 0 unspecified atom stereocenters. The summed E-state index contributed by atoms with van der Waals surface area (Å²) in [6.45, 7) is 3.73. The van der Waals surface area contributed by atoms with E-state index in [0.717, 1.165) is 6.42 Å². The van der Waals surface area contributed by atoms with E-state index in [0.29, 0.717) is 60.8 Å². The van der Waals surface area contributed by atoms with Gasteiger partial charge < -0.3 is 0 Å². The van der Waals surface area contributed by atoms with Crippen molar-refractivity contribution in [2.45, 2.75) is 70.6 Å². The maximum Gasteiger partial charge on any atom is 0.162 e. The summed E-state index contributed by atoms with van der Waals surface area (Å²) in [4.78, 5) is 0. The monoisotopic (exact) mass is 378 g/mol. The Bertz CT molecular complexity index is 805. The Labute approximate surface area is 158 Å². The molecule has 146 valence electrons. The fourth-order valence-electron chi connectivity index (χ4n) is 4.29. The first-order valence-electron chi connectivity index (χ1n) is 9.91. The van der Waals surface area contributed by atoms with Crippen molar-refractivity contribution < 1.29 is 17.6 Å². The molecule has 0 spiro atoms. The van der Waals surface area contributed by atoms with Gasteiger partial charge in [-0.1, -0.05) is 44.5 Å². The zero-order valence-electron chi connectivity index (χ0n) is 15.9. The normalized spacial score (nSPS) is 20.1. The topological polar surface area (TPSA) is 0 Å². The summed E-state index contributed by atoms with van der Waals surface area (Å²) in [6, 6.07) is 6.72. The molecular weight excluding hydrogens is 352 g/mol. The van der Waals surface area contributed by atoms with Gasteiger partial charge in [0.05, 0.1) is 0 Å². The van der Waals surface area contributed by atoms with Gasteiger partial charge in [0.1, 0.15) is 0 Å². The molecule has 0 aliphatic heterocycles. The van der Waals surface area contributed by atoms with Crippen LogP contribution in [0.2, 0.25) is 0 Å². The van der Waals surface area contributed by atoms with Crippen LogP contribution >= 0.6 is 0 Å². The van der Waals surface area contributed by atoms with E-state index in [1.165, 1.54) is 0 Å². The van der Waals surface area contributed by atoms with Gasteiger partial charge in [0.15, 0.2) is 23.3 Å². The number of hydrogen-bond donors (Lipinski definition) is 0. The first kappa shape index (κ1) is 19.9. The third kappa shape index (κ3) is 3.90. The molecular formula is C23H26F4. The minimum Gasteiger partial charge on any atom is -0.203 e. The highest BCUT2D eigenvalue weighted by molar-refractivity contribution is 5.32. The summed E-state index contributed by atoms with van der Waals surface area (Å²) in [5, 5.41) is 0. The second kappa shape index (κ2) is 8.45. The molecule has 4 heteroatoms. The number of benzene rings is 2. The quantitative estimate of drug-likeness (QED) is 0.483. The molecule has 1 aliphatic carbocycles. The Hall–Kier alpha value is -1.84. The molecule has 2 aromatic carbocycles. The molecule has 0 atom stereocenters. The molecule has 0 N–H and O–H groups in total. The smallest absolute Gasteiger partial charge is 0.162 e. The van der Waals surface area contributed by atoms with Gasteiger partial charge in [-0.2, -0.15) is 0 Å². The predicted molar refractivity (Wildman–Crippen MR) is 100 cm³/mol. The average Bonchev–Trinajstić information content (AvgIpc) is 2.68. The minimum absolute atomic E-state index is 0.0748. The van der Waals surface area contributed by atoms with E-state index >= 15 is 0 Å². The maximum atomic E-state index is 14.5. The van der Waals surface area contributed by atoms with Crippen molar-refractivity contribution in [1.29, 1.82) is 0 Å². The summed E-state index contributed by atoms with van der Waals surface area (Å²) in [6.07, 6.45) is 4.31. The van der Waals surface area contributed by atoms with Crippen molar-refractivity contribution in [3.8, 4) is 0 Å². The molecule has 0 saturated heterocycles. The second-order valence-electron chi connectivity index (χ2n) is 7.54. The standard InChI is InChI=1S/C23H26F4/c1-3-5-17-11-13-19(23(27)21(17)25)16-8-6-15(7-9-16)18-12-10-14(4-2)20(24)22(18)26/h10-13,15-16H,3-9H2,1-2H3. The molecule has 0 amide bonds. The van der Waals surface area contributed by atoms with Gasteiger partial charge in [-0.15, -0.1) is 0 Å². The Balaban J connectivity index is 1.75. The van der Waals surface area contributed by atoms with E-state index in [2.05, 4.69) is 0 Å². The van der Waals surface area contributed by atoms with Crippen molar-refractivity contribution in [2.24, 2.45) is 0 Å². The summed E-state index contributed by atoms with van der Waals surface area (Å²) in [7, 11) is 0. The van der Waals surface area contributed by atoms with Crippen molar-refractivity contribution >= 4 is 0 Å². The van der Waals surface area contributed by atoms with Crippen LogP contribution in [0.15, 0.2) is 24.3 Å². The van der Waals surface area contributed by atoms with E-state index in [9.17, 15) is 17.6 Å². The van der Waals surface area contributed by atoms with Gasteiger partial charge in [0.2, 0.25) is 0 Å². The summed E-state index contributed by atoms with van der Waals surface area (Å²) in [5.74, 6) is -3.13. The van der Waals surface area contributed by atoms with Crippen molar-refractivity contribution in [2.75, 3.05) is 0 Å². The average molecular weight is 378 g/mol. The lowest BCUT2D eigenvalue weighted by atomic mass is 9.75. The molecule has 0 radical (unpaired) electrons.